The van der Waals surface area contributed by atoms with Gasteiger partial charge in [0.1, 0.15) is 0 Å². The summed E-state index contributed by atoms with van der Waals surface area (Å²) in [6, 6.07) is 17.3. The zero-order chi connectivity index (χ0) is 27.2. The van der Waals surface area contributed by atoms with Gasteiger partial charge in [0.15, 0.2) is 6.17 Å². The molecule has 38 heavy (non-hydrogen) atoms. The average molecular weight is 534 g/mol. The van der Waals surface area contributed by atoms with Gasteiger partial charge in [-0.25, -0.2) is 0 Å². The molecule has 9 heteroatoms. The van der Waals surface area contributed by atoms with E-state index in [1.54, 1.807) is 30.3 Å². The molecule has 2 atom stereocenters. The summed E-state index contributed by atoms with van der Waals surface area (Å²) in [7, 11) is 0. The summed E-state index contributed by atoms with van der Waals surface area (Å²) < 4.78 is 0. The zero-order valence-corrected chi connectivity index (χ0v) is 22.2. The number of carbonyl (C=O) groups is 4. The van der Waals surface area contributed by atoms with E-state index in [9.17, 15) is 24.3 Å². The van der Waals surface area contributed by atoms with Crippen LogP contribution in [0.1, 0.15) is 50.8 Å². The molecular formula is C29H31N3O5S. The van der Waals surface area contributed by atoms with Crippen LogP contribution in [-0.2, 0) is 20.8 Å². The first-order chi connectivity index (χ1) is 18.2. The van der Waals surface area contributed by atoms with Crippen molar-refractivity contribution in [3.8, 4) is 0 Å². The molecule has 8 nitrogen and oxygen atoms in total. The molecule has 0 saturated carbocycles. The molecule has 2 aromatic carbocycles. The van der Waals surface area contributed by atoms with Gasteiger partial charge >= 0.3 is 5.97 Å². The molecule has 198 valence electrons. The Morgan fingerprint density at radius 2 is 1.68 bits per heavy atom. The lowest BCUT2D eigenvalue weighted by Gasteiger charge is -2.43. The normalized spacial score (nSPS) is 16.1. The number of carboxylic acids is 1. The summed E-state index contributed by atoms with van der Waals surface area (Å²) in [4.78, 5) is 56.4. The van der Waals surface area contributed by atoms with Crippen molar-refractivity contribution in [3.63, 3.8) is 0 Å². The Labute approximate surface area is 225 Å². The molecule has 0 radical (unpaired) electrons. The third-order valence-corrected chi connectivity index (χ3v) is 7.39. The second kappa shape index (κ2) is 12.0. The van der Waals surface area contributed by atoms with E-state index in [1.165, 1.54) is 21.1 Å². The molecule has 0 bridgehead atoms. The van der Waals surface area contributed by atoms with E-state index < -0.39 is 24.1 Å². The SMILES string of the molecule is Cc1cccc(C(=O)N2CCCN(C(=O)Cc3cccs3)C2C(=O)NC(CC(=O)O)c2cccc(C)c2)c1. The second-order valence-corrected chi connectivity index (χ2v) is 10.5. The maximum absolute atomic E-state index is 13.9. The Morgan fingerprint density at radius 1 is 0.974 bits per heavy atom. The predicted octanol–water partition coefficient (Wildman–Crippen LogP) is 3.94. The zero-order valence-electron chi connectivity index (χ0n) is 21.4. The van der Waals surface area contributed by atoms with Crippen molar-refractivity contribution in [1.29, 1.82) is 0 Å². The number of nitrogens with one attached hydrogen (secondary N) is 1. The van der Waals surface area contributed by atoms with Crippen LogP contribution in [0.4, 0.5) is 0 Å². The monoisotopic (exact) mass is 533 g/mol. The van der Waals surface area contributed by atoms with Gasteiger partial charge in [0.25, 0.3) is 11.8 Å². The molecule has 3 aromatic rings. The lowest BCUT2D eigenvalue weighted by Crippen LogP contribution is -2.64. The highest BCUT2D eigenvalue weighted by molar-refractivity contribution is 7.10. The van der Waals surface area contributed by atoms with Crippen LogP contribution < -0.4 is 5.32 Å². The minimum absolute atomic E-state index is 0.115. The largest absolute Gasteiger partial charge is 0.481 e. The van der Waals surface area contributed by atoms with E-state index in [-0.39, 0.29) is 24.7 Å². The van der Waals surface area contributed by atoms with Crippen molar-refractivity contribution in [1.82, 2.24) is 15.1 Å². The molecule has 1 fully saturated rings. The lowest BCUT2D eigenvalue weighted by molar-refractivity contribution is -0.149. The fourth-order valence-corrected chi connectivity index (χ4v) is 5.44. The highest BCUT2D eigenvalue weighted by atomic mass is 32.1. The number of nitrogens with zero attached hydrogens (tertiary/aromatic N) is 2. The van der Waals surface area contributed by atoms with E-state index >= 15 is 0 Å². The van der Waals surface area contributed by atoms with E-state index in [2.05, 4.69) is 5.32 Å². The predicted molar refractivity (Wildman–Crippen MR) is 145 cm³/mol. The maximum Gasteiger partial charge on any atom is 0.305 e. The second-order valence-electron chi connectivity index (χ2n) is 9.51. The Morgan fingerprint density at radius 3 is 2.34 bits per heavy atom. The van der Waals surface area contributed by atoms with Gasteiger partial charge in [0.2, 0.25) is 5.91 Å². The summed E-state index contributed by atoms with van der Waals surface area (Å²) >= 11 is 1.45. The molecule has 2 heterocycles. The Hall–Kier alpha value is -3.98. The summed E-state index contributed by atoms with van der Waals surface area (Å²) in [5, 5.41) is 14.3. The van der Waals surface area contributed by atoms with Crippen molar-refractivity contribution < 1.29 is 24.3 Å². The van der Waals surface area contributed by atoms with Gasteiger partial charge in [-0.1, -0.05) is 53.6 Å². The molecule has 4 rings (SSSR count). The van der Waals surface area contributed by atoms with Crippen molar-refractivity contribution in [2.24, 2.45) is 0 Å². The number of carboxylic acid groups (broad SMARTS) is 1. The molecule has 3 amide bonds. The first-order valence-electron chi connectivity index (χ1n) is 12.5. The average Bonchev–Trinajstić information content (AvgIpc) is 3.40. The van der Waals surface area contributed by atoms with E-state index in [0.717, 1.165) is 16.0 Å². The number of aliphatic carboxylic acids is 1. The number of carbonyl (C=O) groups excluding carboxylic acids is 3. The van der Waals surface area contributed by atoms with Gasteiger partial charge < -0.3 is 20.2 Å². The Balaban J connectivity index is 1.68. The van der Waals surface area contributed by atoms with Gasteiger partial charge in [-0.2, -0.15) is 0 Å². The summed E-state index contributed by atoms with van der Waals surface area (Å²) in [6.07, 6.45) is -0.903. The van der Waals surface area contributed by atoms with Crippen LogP contribution in [-0.4, -0.2) is 57.9 Å². The van der Waals surface area contributed by atoms with E-state index in [0.29, 0.717) is 30.6 Å². The number of thiophene rings is 1. The Kier molecular flexibility index (Phi) is 8.58. The molecular weight excluding hydrogens is 502 g/mol. The molecule has 0 spiro atoms. The maximum atomic E-state index is 13.9. The number of hydrogen-bond acceptors (Lipinski definition) is 5. The smallest absolute Gasteiger partial charge is 0.305 e. The standard InChI is InChI=1S/C29H31N3O5S/c1-19-7-3-9-21(15-19)24(18-26(34)35)30-27(36)28-31(25(33)17-23-11-5-14-38-23)12-6-13-32(28)29(37)22-10-4-8-20(2)16-22/h3-5,7-11,14-16,24,28H,6,12-13,17-18H2,1-2H3,(H,30,36)(H,34,35). The number of hydrogen-bond donors (Lipinski definition) is 2. The minimum atomic E-state index is -1.20. The summed E-state index contributed by atoms with van der Waals surface area (Å²) in [5.41, 5.74) is 2.90. The van der Waals surface area contributed by atoms with E-state index in [4.69, 9.17) is 0 Å². The summed E-state index contributed by atoms with van der Waals surface area (Å²) in [6.45, 7) is 4.37. The van der Waals surface area contributed by atoms with Gasteiger partial charge in [-0.15, -0.1) is 11.3 Å². The number of rotatable bonds is 8. The Bertz CT molecular complexity index is 1320. The van der Waals surface area contributed by atoms with Crippen LogP contribution in [0.15, 0.2) is 66.0 Å². The third kappa shape index (κ3) is 6.47. The van der Waals surface area contributed by atoms with Crippen molar-refractivity contribution in [3.05, 3.63) is 93.2 Å². The summed E-state index contributed by atoms with van der Waals surface area (Å²) in [5.74, 6) is -2.27. The van der Waals surface area contributed by atoms with E-state index in [1.807, 2.05) is 49.6 Å². The number of benzene rings is 2. The first kappa shape index (κ1) is 27.1. The van der Waals surface area contributed by atoms with Crippen LogP contribution in [0.25, 0.3) is 0 Å². The highest BCUT2D eigenvalue weighted by Crippen LogP contribution is 2.24. The van der Waals surface area contributed by atoms with Crippen LogP contribution in [0.2, 0.25) is 0 Å². The van der Waals surface area contributed by atoms with Crippen LogP contribution in [0, 0.1) is 13.8 Å². The molecule has 2 unspecified atom stereocenters. The molecule has 1 saturated heterocycles. The quantitative estimate of drug-likeness (QED) is 0.456. The molecule has 1 aliphatic rings. The highest BCUT2D eigenvalue weighted by Gasteiger charge is 2.41. The van der Waals surface area contributed by atoms with Gasteiger partial charge in [-0.05, 0) is 49.4 Å². The fraction of sp³-hybridized carbons (Fsp3) is 0.310. The fourth-order valence-electron chi connectivity index (χ4n) is 4.75. The van der Waals surface area contributed by atoms with Crippen LogP contribution in [0.3, 0.4) is 0 Å². The van der Waals surface area contributed by atoms with Gasteiger partial charge in [-0.3, -0.25) is 19.2 Å². The van der Waals surface area contributed by atoms with Gasteiger partial charge in [0, 0.05) is 23.5 Å². The molecule has 1 aliphatic heterocycles. The molecule has 1 aromatic heterocycles. The first-order valence-corrected chi connectivity index (χ1v) is 13.4. The van der Waals surface area contributed by atoms with Gasteiger partial charge in [0.05, 0.1) is 18.9 Å². The number of aryl methyl sites for hydroxylation is 2. The van der Waals surface area contributed by atoms with Crippen molar-refractivity contribution in [2.75, 3.05) is 13.1 Å². The molecule has 2 N–H and O–H groups in total. The third-order valence-electron chi connectivity index (χ3n) is 6.51. The number of amides is 3. The van der Waals surface area contributed by atoms with Crippen molar-refractivity contribution in [2.45, 2.75) is 45.3 Å². The lowest BCUT2D eigenvalue weighted by atomic mass is 10.0. The van der Waals surface area contributed by atoms with Crippen LogP contribution >= 0.6 is 11.3 Å². The van der Waals surface area contributed by atoms with Crippen LogP contribution in [0.5, 0.6) is 0 Å². The molecule has 0 aliphatic carbocycles. The van der Waals surface area contributed by atoms with Crippen molar-refractivity contribution >= 4 is 35.0 Å². The minimum Gasteiger partial charge on any atom is -0.481 e. The topological polar surface area (TPSA) is 107 Å².